The van der Waals surface area contributed by atoms with Crippen LogP contribution in [0, 0.1) is 0 Å². The van der Waals surface area contributed by atoms with E-state index >= 15 is 0 Å². The molecule has 0 aromatic heterocycles. The number of aromatic nitrogens is 1. The fourth-order valence-electron chi connectivity index (χ4n) is 3.09. The summed E-state index contributed by atoms with van der Waals surface area (Å²) in [5.74, 6) is 0.109. The minimum Gasteiger partial charge on any atom is -0.508 e. The van der Waals surface area contributed by atoms with Crippen molar-refractivity contribution in [3.05, 3.63) is 77.0 Å². The molecule has 0 amide bonds. The van der Waals surface area contributed by atoms with Crippen LogP contribution in [0.2, 0.25) is 0 Å². The monoisotopic (exact) mass is 331 g/mol. The first kappa shape index (κ1) is 15.4. The van der Waals surface area contributed by atoms with Crippen LogP contribution in [0.5, 0.6) is 5.75 Å². The Morgan fingerprint density at radius 1 is 0.880 bits per heavy atom. The molecule has 3 N–H and O–H groups in total. The standard InChI is InChI=1S/C19H14BNO4/c22-16-6-4-12-8-13-5-7-17(23)11-19(13)21(18(12)10-16)15-3-1-2-14(9-15)20(24)25/h1-11,22,24-25H. The molecule has 0 bridgehead atoms. The predicted molar refractivity (Wildman–Crippen MR) is 97.7 cm³/mol. The third-order valence-electron chi connectivity index (χ3n) is 4.24. The minimum atomic E-state index is -1.59. The molecule has 2 aromatic carbocycles. The van der Waals surface area contributed by atoms with Crippen LogP contribution in [0.3, 0.4) is 0 Å². The molecule has 0 fully saturated rings. The molecule has 0 spiro atoms. The zero-order chi connectivity index (χ0) is 17.6. The van der Waals surface area contributed by atoms with Crippen molar-refractivity contribution in [3.63, 3.8) is 0 Å². The first-order valence-electron chi connectivity index (χ1n) is 7.78. The molecule has 0 atom stereocenters. The van der Waals surface area contributed by atoms with Crippen LogP contribution in [0.1, 0.15) is 0 Å². The van der Waals surface area contributed by atoms with Crippen molar-refractivity contribution in [2.24, 2.45) is 0 Å². The van der Waals surface area contributed by atoms with Gasteiger partial charge in [-0.05, 0) is 58.9 Å². The van der Waals surface area contributed by atoms with Crippen LogP contribution < -0.4 is 10.9 Å². The first-order valence-corrected chi connectivity index (χ1v) is 7.78. The van der Waals surface area contributed by atoms with Gasteiger partial charge in [0.2, 0.25) is 0 Å². The van der Waals surface area contributed by atoms with Gasteiger partial charge in [0.25, 0.3) is 0 Å². The number of pyridine rings is 1. The average Bonchev–Trinajstić information content (AvgIpc) is 2.60. The van der Waals surface area contributed by atoms with Crippen LogP contribution in [0.25, 0.3) is 27.8 Å². The van der Waals surface area contributed by atoms with Gasteiger partial charge in [-0.1, -0.05) is 12.1 Å². The van der Waals surface area contributed by atoms with Crippen LogP contribution in [0.15, 0.2) is 71.5 Å². The highest BCUT2D eigenvalue weighted by molar-refractivity contribution is 6.58. The van der Waals surface area contributed by atoms with Crippen molar-refractivity contribution in [1.29, 1.82) is 0 Å². The second kappa shape index (κ2) is 5.77. The summed E-state index contributed by atoms with van der Waals surface area (Å²) in [7, 11) is -1.59. The molecule has 1 heterocycles. The third kappa shape index (κ3) is 2.67. The summed E-state index contributed by atoms with van der Waals surface area (Å²) in [6.07, 6.45) is 0. The maximum Gasteiger partial charge on any atom is 0.488 e. The first-order chi connectivity index (χ1) is 12.0. The Balaban J connectivity index is 2.16. The van der Waals surface area contributed by atoms with E-state index in [-0.39, 0.29) is 11.2 Å². The lowest BCUT2D eigenvalue weighted by Gasteiger charge is -2.20. The normalized spacial score (nSPS) is 11.1. The average molecular weight is 331 g/mol. The van der Waals surface area contributed by atoms with Gasteiger partial charge in [-0.25, -0.2) is 0 Å². The van der Waals surface area contributed by atoms with Gasteiger partial charge in [-0.2, -0.15) is 0 Å². The molecule has 4 rings (SSSR count). The SMILES string of the molecule is O=c1ccc2cc3ccc(O)cc3n(-c3cccc(B(O)O)c3)c-2c1. The summed E-state index contributed by atoms with van der Waals surface area (Å²) in [6.45, 7) is 0. The molecule has 0 unspecified atom stereocenters. The number of phenolic OH excluding ortho intramolecular Hbond substituents is 1. The molecular weight excluding hydrogens is 317 g/mol. The lowest BCUT2D eigenvalue weighted by atomic mass is 9.80. The van der Waals surface area contributed by atoms with Crippen molar-refractivity contribution in [1.82, 2.24) is 4.57 Å². The molecule has 2 aromatic rings. The molecule has 0 saturated heterocycles. The molecule has 0 radical (unpaired) electrons. The third-order valence-corrected chi connectivity index (χ3v) is 4.24. The van der Waals surface area contributed by atoms with Gasteiger partial charge in [0.05, 0.1) is 11.2 Å². The number of benzene rings is 3. The summed E-state index contributed by atoms with van der Waals surface area (Å²) >= 11 is 0. The van der Waals surface area contributed by atoms with E-state index in [2.05, 4.69) is 0 Å². The van der Waals surface area contributed by atoms with Gasteiger partial charge in [0, 0.05) is 17.8 Å². The van der Waals surface area contributed by atoms with Gasteiger partial charge >= 0.3 is 7.12 Å². The lowest BCUT2D eigenvalue weighted by Crippen LogP contribution is -2.30. The molecular formula is C19H14BNO4. The zero-order valence-corrected chi connectivity index (χ0v) is 13.1. The van der Waals surface area contributed by atoms with Gasteiger partial charge in [-0.3, -0.25) is 4.79 Å². The van der Waals surface area contributed by atoms with Crippen molar-refractivity contribution in [2.45, 2.75) is 0 Å². The van der Waals surface area contributed by atoms with E-state index in [1.165, 1.54) is 12.1 Å². The molecule has 25 heavy (non-hydrogen) atoms. The van der Waals surface area contributed by atoms with E-state index < -0.39 is 7.12 Å². The summed E-state index contributed by atoms with van der Waals surface area (Å²) < 4.78 is 1.83. The molecule has 1 aliphatic carbocycles. The Morgan fingerprint density at radius 3 is 2.52 bits per heavy atom. The van der Waals surface area contributed by atoms with E-state index in [1.807, 2.05) is 16.7 Å². The number of aromatic hydroxyl groups is 1. The van der Waals surface area contributed by atoms with Crippen LogP contribution in [-0.2, 0) is 0 Å². The molecule has 6 heteroatoms. The molecule has 122 valence electrons. The summed E-state index contributed by atoms with van der Waals surface area (Å²) in [6, 6.07) is 18.5. The Kier molecular flexibility index (Phi) is 3.56. The van der Waals surface area contributed by atoms with Crippen molar-refractivity contribution in [2.75, 3.05) is 0 Å². The quantitative estimate of drug-likeness (QED) is 0.384. The van der Waals surface area contributed by atoms with Gasteiger partial charge in [-0.15, -0.1) is 0 Å². The largest absolute Gasteiger partial charge is 0.508 e. The highest BCUT2D eigenvalue weighted by Gasteiger charge is 2.16. The topological polar surface area (TPSA) is 82.7 Å². The molecule has 0 saturated carbocycles. The number of hydrogen-bond acceptors (Lipinski definition) is 4. The zero-order valence-electron chi connectivity index (χ0n) is 13.1. The van der Waals surface area contributed by atoms with Crippen molar-refractivity contribution >= 4 is 23.5 Å². The fraction of sp³-hybridized carbons (Fsp3) is 0. The molecule has 1 aliphatic heterocycles. The summed E-state index contributed by atoms with van der Waals surface area (Å²) in [5, 5.41) is 29.7. The maximum atomic E-state index is 11.9. The van der Waals surface area contributed by atoms with Crippen LogP contribution in [0.4, 0.5) is 0 Å². The van der Waals surface area contributed by atoms with Crippen LogP contribution >= 0.6 is 0 Å². The van der Waals surface area contributed by atoms with Crippen molar-refractivity contribution < 1.29 is 15.2 Å². The Hall–Kier alpha value is -3.09. The summed E-state index contributed by atoms with van der Waals surface area (Å²) in [5.41, 5.74) is 3.13. The highest BCUT2D eigenvalue weighted by Crippen LogP contribution is 2.32. The van der Waals surface area contributed by atoms with Crippen LogP contribution in [-0.4, -0.2) is 26.8 Å². The van der Waals surface area contributed by atoms with Gasteiger partial charge in [0.15, 0.2) is 5.43 Å². The number of hydrogen-bond donors (Lipinski definition) is 3. The number of rotatable bonds is 2. The predicted octanol–water partition coefficient (Wildman–Crippen LogP) is 1.48. The van der Waals surface area contributed by atoms with E-state index in [9.17, 15) is 19.9 Å². The van der Waals surface area contributed by atoms with E-state index in [0.29, 0.717) is 22.4 Å². The fourth-order valence-corrected chi connectivity index (χ4v) is 3.09. The Morgan fingerprint density at radius 2 is 1.72 bits per heavy atom. The van der Waals surface area contributed by atoms with E-state index in [1.54, 1.807) is 42.5 Å². The smallest absolute Gasteiger partial charge is 0.488 e. The van der Waals surface area contributed by atoms with Gasteiger partial charge < -0.3 is 19.7 Å². The van der Waals surface area contributed by atoms with Gasteiger partial charge in [0.1, 0.15) is 5.75 Å². The lowest BCUT2D eigenvalue weighted by molar-refractivity contribution is 0.425. The minimum absolute atomic E-state index is 0.109. The number of phenols is 1. The van der Waals surface area contributed by atoms with E-state index in [4.69, 9.17) is 0 Å². The number of fused-ring (bicyclic) bond motifs is 2. The maximum absolute atomic E-state index is 11.9. The molecule has 5 nitrogen and oxygen atoms in total. The second-order valence-electron chi connectivity index (χ2n) is 5.91. The highest BCUT2D eigenvalue weighted by atomic mass is 16.4. The number of nitrogens with zero attached hydrogens (tertiary/aromatic N) is 1. The second-order valence-corrected chi connectivity index (χ2v) is 5.91. The molecule has 2 aliphatic rings. The van der Waals surface area contributed by atoms with E-state index in [0.717, 1.165) is 10.9 Å². The van der Waals surface area contributed by atoms with Crippen molar-refractivity contribution in [3.8, 4) is 22.7 Å². The Bertz CT molecular complexity index is 1120. The summed E-state index contributed by atoms with van der Waals surface area (Å²) in [4.78, 5) is 11.9. The Labute approximate surface area is 143 Å².